The molecule has 0 aliphatic heterocycles. The maximum absolute atomic E-state index is 13.5. The van der Waals surface area contributed by atoms with Gasteiger partial charge < -0.3 is 10.2 Å². The lowest BCUT2D eigenvalue weighted by Gasteiger charge is -2.31. The van der Waals surface area contributed by atoms with Crippen molar-refractivity contribution in [1.82, 2.24) is 10.2 Å². The van der Waals surface area contributed by atoms with Crippen molar-refractivity contribution in [2.45, 2.75) is 37.2 Å². The summed E-state index contributed by atoms with van der Waals surface area (Å²) in [6.07, 6.45) is 1.21. The van der Waals surface area contributed by atoms with Gasteiger partial charge in [-0.15, -0.1) is 11.8 Å². The van der Waals surface area contributed by atoms with E-state index in [1.54, 1.807) is 17.0 Å². The smallest absolute Gasteiger partial charge is 0.243 e. The van der Waals surface area contributed by atoms with Crippen LogP contribution in [0.25, 0.3) is 0 Å². The Hall–Kier alpha value is -3.12. The van der Waals surface area contributed by atoms with Gasteiger partial charge >= 0.3 is 0 Å². The monoisotopic (exact) mass is 464 g/mol. The van der Waals surface area contributed by atoms with Crippen molar-refractivity contribution in [2.24, 2.45) is 0 Å². The molecule has 3 aromatic carbocycles. The molecular formula is C27H29FN2O2S. The Morgan fingerprint density at radius 1 is 0.909 bits per heavy atom. The van der Waals surface area contributed by atoms with Gasteiger partial charge in [-0.3, -0.25) is 9.59 Å². The molecular weight excluding hydrogens is 435 g/mol. The summed E-state index contributed by atoms with van der Waals surface area (Å²) in [7, 11) is 0. The predicted octanol–water partition coefficient (Wildman–Crippen LogP) is 5.08. The number of nitrogens with one attached hydrogen (secondary N) is 1. The molecule has 0 spiro atoms. The molecule has 1 N–H and O–H groups in total. The zero-order valence-electron chi connectivity index (χ0n) is 18.7. The number of hydrogen-bond acceptors (Lipinski definition) is 3. The summed E-state index contributed by atoms with van der Waals surface area (Å²) < 4.78 is 13.5. The van der Waals surface area contributed by atoms with Crippen LogP contribution in [0.4, 0.5) is 4.39 Å². The lowest BCUT2D eigenvalue weighted by atomic mass is 10.0. The van der Waals surface area contributed by atoms with Crippen LogP contribution in [0.15, 0.2) is 89.8 Å². The highest BCUT2D eigenvalue weighted by Gasteiger charge is 2.30. The minimum absolute atomic E-state index is 0.138. The van der Waals surface area contributed by atoms with Crippen molar-refractivity contribution in [3.8, 4) is 0 Å². The number of thioether (sulfide) groups is 1. The molecule has 0 saturated carbocycles. The van der Waals surface area contributed by atoms with Crippen molar-refractivity contribution >= 4 is 23.6 Å². The van der Waals surface area contributed by atoms with Gasteiger partial charge in [0.25, 0.3) is 0 Å². The Morgan fingerprint density at radius 3 is 2.18 bits per heavy atom. The van der Waals surface area contributed by atoms with Gasteiger partial charge in [-0.25, -0.2) is 4.39 Å². The molecule has 0 radical (unpaired) electrons. The molecule has 0 fully saturated rings. The third-order valence-electron chi connectivity index (χ3n) is 5.19. The van der Waals surface area contributed by atoms with Gasteiger partial charge in [0, 0.05) is 24.4 Å². The van der Waals surface area contributed by atoms with E-state index in [0.717, 1.165) is 22.4 Å². The van der Waals surface area contributed by atoms with E-state index in [2.05, 4.69) is 5.32 Å². The maximum Gasteiger partial charge on any atom is 0.243 e. The van der Waals surface area contributed by atoms with E-state index in [1.807, 2.05) is 67.6 Å². The molecule has 0 aliphatic rings. The second-order valence-electron chi connectivity index (χ2n) is 7.75. The number of nitrogens with zero attached hydrogens (tertiary/aromatic N) is 1. The quantitative estimate of drug-likeness (QED) is 0.403. The van der Waals surface area contributed by atoms with Gasteiger partial charge in [-0.1, -0.05) is 67.6 Å². The summed E-state index contributed by atoms with van der Waals surface area (Å²) in [6, 6.07) is 24.8. The molecule has 33 heavy (non-hydrogen) atoms. The fourth-order valence-corrected chi connectivity index (χ4v) is 4.26. The first-order valence-electron chi connectivity index (χ1n) is 11.1. The van der Waals surface area contributed by atoms with E-state index in [-0.39, 0.29) is 29.9 Å². The SMILES string of the molecule is CCCNC(=O)[C@H](Cc1ccccc1)N(Cc1ccc(F)cc1)C(=O)CSc1ccccc1. The van der Waals surface area contributed by atoms with Gasteiger partial charge in [0.2, 0.25) is 11.8 Å². The molecule has 0 unspecified atom stereocenters. The summed E-state index contributed by atoms with van der Waals surface area (Å²) in [5.74, 6) is -0.447. The Balaban J connectivity index is 1.87. The van der Waals surface area contributed by atoms with Crippen molar-refractivity contribution in [3.63, 3.8) is 0 Å². The highest BCUT2D eigenvalue weighted by molar-refractivity contribution is 8.00. The predicted molar refractivity (Wildman–Crippen MR) is 131 cm³/mol. The molecule has 2 amide bonds. The van der Waals surface area contributed by atoms with Crippen LogP contribution in [0.3, 0.4) is 0 Å². The molecule has 0 aliphatic carbocycles. The van der Waals surface area contributed by atoms with Crippen LogP contribution in [0.5, 0.6) is 0 Å². The van der Waals surface area contributed by atoms with Crippen molar-refractivity contribution in [3.05, 3.63) is 102 Å². The first kappa shape index (κ1) is 24.5. The number of halogens is 1. The molecule has 6 heteroatoms. The lowest BCUT2D eigenvalue weighted by molar-refractivity contribution is -0.139. The largest absolute Gasteiger partial charge is 0.354 e. The topological polar surface area (TPSA) is 49.4 Å². The minimum atomic E-state index is -0.673. The molecule has 0 aromatic heterocycles. The lowest BCUT2D eigenvalue weighted by Crippen LogP contribution is -2.51. The maximum atomic E-state index is 13.5. The van der Waals surface area contributed by atoms with Crippen LogP contribution in [0, 0.1) is 5.82 Å². The second-order valence-corrected chi connectivity index (χ2v) is 8.80. The summed E-state index contributed by atoms with van der Waals surface area (Å²) in [4.78, 5) is 29.3. The van der Waals surface area contributed by atoms with E-state index in [4.69, 9.17) is 0 Å². The van der Waals surface area contributed by atoms with Gasteiger partial charge in [0.15, 0.2) is 0 Å². The average molecular weight is 465 g/mol. The van der Waals surface area contributed by atoms with Gasteiger partial charge in [0.1, 0.15) is 11.9 Å². The van der Waals surface area contributed by atoms with Crippen LogP contribution >= 0.6 is 11.8 Å². The van der Waals surface area contributed by atoms with E-state index < -0.39 is 6.04 Å². The molecule has 3 rings (SSSR count). The fourth-order valence-electron chi connectivity index (χ4n) is 3.45. The molecule has 0 bridgehead atoms. The number of carbonyl (C=O) groups is 2. The normalized spacial score (nSPS) is 11.6. The summed E-state index contributed by atoms with van der Waals surface area (Å²) in [5, 5.41) is 2.96. The third kappa shape index (κ3) is 7.75. The first-order chi connectivity index (χ1) is 16.1. The number of hydrogen-bond donors (Lipinski definition) is 1. The van der Waals surface area contributed by atoms with Crippen molar-refractivity contribution < 1.29 is 14.0 Å². The number of benzene rings is 3. The fraction of sp³-hybridized carbons (Fsp3) is 0.259. The van der Waals surface area contributed by atoms with Gasteiger partial charge in [0.05, 0.1) is 5.75 Å². The van der Waals surface area contributed by atoms with E-state index in [1.165, 1.54) is 23.9 Å². The molecule has 0 heterocycles. The molecule has 3 aromatic rings. The summed E-state index contributed by atoms with van der Waals surface area (Å²) in [5.41, 5.74) is 1.75. The zero-order chi connectivity index (χ0) is 23.5. The molecule has 1 atom stereocenters. The van der Waals surface area contributed by atoms with Gasteiger partial charge in [-0.2, -0.15) is 0 Å². The molecule has 4 nitrogen and oxygen atoms in total. The first-order valence-corrected chi connectivity index (χ1v) is 12.1. The van der Waals surface area contributed by atoms with Crippen LogP contribution in [-0.4, -0.2) is 35.1 Å². The second kappa shape index (κ2) is 12.8. The van der Waals surface area contributed by atoms with E-state index in [0.29, 0.717) is 13.0 Å². The van der Waals surface area contributed by atoms with E-state index in [9.17, 15) is 14.0 Å². The van der Waals surface area contributed by atoms with Crippen molar-refractivity contribution in [1.29, 1.82) is 0 Å². The highest BCUT2D eigenvalue weighted by atomic mass is 32.2. The third-order valence-corrected chi connectivity index (χ3v) is 6.19. The van der Waals surface area contributed by atoms with Gasteiger partial charge in [-0.05, 0) is 41.8 Å². The average Bonchev–Trinajstić information content (AvgIpc) is 2.85. The minimum Gasteiger partial charge on any atom is -0.354 e. The van der Waals surface area contributed by atoms with Crippen molar-refractivity contribution in [2.75, 3.05) is 12.3 Å². The van der Waals surface area contributed by atoms with Crippen LogP contribution in [0.1, 0.15) is 24.5 Å². The Kier molecular flexibility index (Phi) is 9.51. The summed E-state index contributed by atoms with van der Waals surface area (Å²) >= 11 is 1.44. The summed E-state index contributed by atoms with van der Waals surface area (Å²) in [6.45, 7) is 2.76. The number of amides is 2. The molecule has 172 valence electrons. The Labute approximate surface area is 199 Å². The van der Waals surface area contributed by atoms with Crippen LogP contribution < -0.4 is 5.32 Å². The van der Waals surface area contributed by atoms with E-state index >= 15 is 0 Å². The Bertz CT molecular complexity index is 1010. The van der Waals surface area contributed by atoms with Crippen LogP contribution in [-0.2, 0) is 22.6 Å². The number of rotatable bonds is 11. The molecule has 0 saturated heterocycles. The zero-order valence-corrected chi connectivity index (χ0v) is 19.6. The number of carbonyl (C=O) groups excluding carboxylic acids is 2. The Morgan fingerprint density at radius 2 is 1.55 bits per heavy atom. The standard InChI is InChI=1S/C27H29FN2O2S/c1-2-17-29-27(32)25(18-21-9-5-3-6-10-21)30(19-22-13-15-23(28)16-14-22)26(31)20-33-24-11-7-4-8-12-24/h3-16,25H,2,17-20H2,1H3,(H,29,32)/t25-/m0/s1. The highest BCUT2D eigenvalue weighted by Crippen LogP contribution is 2.21. The van der Waals surface area contributed by atoms with Crippen LogP contribution in [0.2, 0.25) is 0 Å².